The molecule has 1 aromatic rings. The van der Waals surface area contributed by atoms with Crippen molar-refractivity contribution in [3.05, 3.63) is 28.2 Å². The fraction of sp³-hybridized carbons (Fsp3) is 0.630. The third-order valence-electron chi connectivity index (χ3n) is 6.35. The van der Waals surface area contributed by atoms with Gasteiger partial charge in [-0.05, 0) is 52.8 Å². The lowest BCUT2D eigenvalue weighted by Crippen LogP contribution is -2.60. The number of methoxy groups -OCH3 is 1. The van der Waals surface area contributed by atoms with Gasteiger partial charge in [-0.1, -0.05) is 64.7 Å². The van der Waals surface area contributed by atoms with Crippen LogP contribution in [0.3, 0.4) is 0 Å². The van der Waals surface area contributed by atoms with Crippen LogP contribution in [0.4, 0.5) is 0 Å². The van der Waals surface area contributed by atoms with E-state index in [-0.39, 0.29) is 17.4 Å². The zero-order chi connectivity index (χ0) is 27.0. The molecular formula is C27H40BrN3O5S. The molecule has 0 spiro atoms. The number of carbonyl (C=O) groups excluding carboxylic acids is 3. The Bertz CT molecular complexity index is 914. The Morgan fingerprint density at radius 2 is 1.76 bits per heavy atom. The van der Waals surface area contributed by atoms with E-state index < -0.39 is 17.9 Å². The third-order valence-corrected chi connectivity index (χ3v) is 7.30. The Morgan fingerprint density at radius 1 is 1.11 bits per heavy atom. The van der Waals surface area contributed by atoms with Gasteiger partial charge >= 0.3 is 5.97 Å². The highest BCUT2D eigenvalue weighted by atomic mass is 79.9. The Kier molecular flexibility index (Phi) is 14.5. The minimum Gasteiger partial charge on any atom is -0.496 e. The first-order valence-electron chi connectivity index (χ1n) is 13.3. The summed E-state index contributed by atoms with van der Waals surface area (Å²) in [5.41, 5.74) is 0.379. The smallest absolute Gasteiger partial charge is 0.308 e. The molecule has 1 heterocycles. The van der Waals surface area contributed by atoms with Crippen molar-refractivity contribution < 1.29 is 23.9 Å². The van der Waals surface area contributed by atoms with Gasteiger partial charge in [0.05, 0.1) is 24.6 Å². The van der Waals surface area contributed by atoms with E-state index in [9.17, 15) is 14.4 Å². The molecule has 1 unspecified atom stereocenters. The third kappa shape index (κ3) is 11.0. The molecular weight excluding hydrogens is 558 g/mol. The van der Waals surface area contributed by atoms with Crippen LogP contribution in [0.1, 0.15) is 87.9 Å². The molecule has 1 fully saturated rings. The summed E-state index contributed by atoms with van der Waals surface area (Å²) in [6.07, 6.45) is 11.9. The summed E-state index contributed by atoms with van der Waals surface area (Å²) >= 11 is 8.79. The van der Waals surface area contributed by atoms with Gasteiger partial charge < -0.3 is 19.7 Å². The SMILES string of the molecule is CCCCCCCCCCCCOC(=O)CC1C(=O)NCCN1C(=S)NC(=O)c1ccc(OC)c(Br)c1. The molecule has 1 saturated heterocycles. The lowest BCUT2D eigenvalue weighted by atomic mass is 10.1. The van der Waals surface area contributed by atoms with Crippen molar-refractivity contribution >= 4 is 51.0 Å². The monoisotopic (exact) mass is 597 g/mol. The van der Waals surface area contributed by atoms with E-state index in [2.05, 4.69) is 33.5 Å². The fourth-order valence-corrected chi connectivity index (χ4v) is 5.05. The number of esters is 1. The topological polar surface area (TPSA) is 97.0 Å². The number of nitrogens with zero attached hydrogens (tertiary/aromatic N) is 1. The molecule has 2 N–H and O–H groups in total. The summed E-state index contributed by atoms with van der Waals surface area (Å²) in [7, 11) is 1.54. The predicted molar refractivity (Wildman–Crippen MR) is 152 cm³/mol. The van der Waals surface area contributed by atoms with E-state index in [4.69, 9.17) is 21.7 Å². The molecule has 1 aromatic carbocycles. The lowest BCUT2D eigenvalue weighted by molar-refractivity contribution is -0.147. The van der Waals surface area contributed by atoms with Crippen molar-refractivity contribution in [1.82, 2.24) is 15.5 Å². The quantitative estimate of drug-likeness (QED) is 0.164. The van der Waals surface area contributed by atoms with E-state index in [1.54, 1.807) is 30.2 Å². The normalized spacial score (nSPS) is 15.2. The number of amides is 2. The van der Waals surface area contributed by atoms with Crippen LogP contribution >= 0.6 is 28.1 Å². The molecule has 0 saturated carbocycles. The summed E-state index contributed by atoms with van der Waals surface area (Å²) in [4.78, 5) is 39.3. The molecule has 1 aliphatic heterocycles. The second kappa shape index (κ2) is 17.3. The number of hydrogen-bond acceptors (Lipinski definition) is 6. The van der Waals surface area contributed by atoms with Crippen molar-refractivity contribution in [2.45, 2.75) is 83.6 Å². The van der Waals surface area contributed by atoms with Gasteiger partial charge in [-0.3, -0.25) is 19.7 Å². The Balaban J connectivity index is 1.75. The summed E-state index contributed by atoms with van der Waals surface area (Å²) < 4.78 is 11.2. The Morgan fingerprint density at radius 3 is 2.38 bits per heavy atom. The first-order chi connectivity index (χ1) is 17.9. The summed E-state index contributed by atoms with van der Waals surface area (Å²) in [6.45, 7) is 3.32. The first kappa shape index (κ1) is 31.0. The van der Waals surface area contributed by atoms with Crippen molar-refractivity contribution in [1.29, 1.82) is 0 Å². The van der Waals surface area contributed by atoms with Crippen molar-refractivity contribution in [2.24, 2.45) is 0 Å². The predicted octanol–water partition coefficient (Wildman–Crippen LogP) is 5.13. The number of carbonyl (C=O) groups is 3. The highest BCUT2D eigenvalue weighted by Crippen LogP contribution is 2.25. The molecule has 0 radical (unpaired) electrons. The molecule has 206 valence electrons. The molecule has 2 rings (SSSR count). The maximum Gasteiger partial charge on any atom is 0.308 e. The van der Waals surface area contributed by atoms with Gasteiger partial charge in [0.2, 0.25) is 5.91 Å². The van der Waals surface area contributed by atoms with Crippen LogP contribution in [-0.2, 0) is 14.3 Å². The van der Waals surface area contributed by atoms with Crippen molar-refractivity contribution in [3.63, 3.8) is 0 Å². The van der Waals surface area contributed by atoms with Crippen LogP contribution in [0.15, 0.2) is 22.7 Å². The Labute approximate surface area is 234 Å². The maximum atomic E-state index is 12.7. The van der Waals surface area contributed by atoms with Gasteiger partial charge in [0.15, 0.2) is 5.11 Å². The molecule has 1 aliphatic rings. The number of halogens is 1. The molecule has 2 amide bonds. The Hall–Kier alpha value is -2.20. The standard InChI is InChI=1S/C27H40BrN3O5S/c1-3-4-5-6-7-8-9-10-11-12-17-36-24(32)19-22-26(34)29-15-16-31(22)27(37)30-25(33)20-13-14-23(35-2)21(28)18-20/h13-14,18,22H,3-12,15-17,19H2,1-2H3,(H,29,34)(H,30,33,37). The van der Waals surface area contributed by atoms with E-state index in [1.165, 1.54) is 44.9 Å². The van der Waals surface area contributed by atoms with E-state index in [0.29, 0.717) is 35.5 Å². The average Bonchev–Trinajstić information content (AvgIpc) is 2.88. The van der Waals surface area contributed by atoms with E-state index in [0.717, 1.165) is 19.3 Å². The molecule has 0 bridgehead atoms. The minimum absolute atomic E-state index is 0.0966. The molecule has 10 heteroatoms. The lowest BCUT2D eigenvalue weighted by Gasteiger charge is -2.36. The first-order valence-corrected chi connectivity index (χ1v) is 14.5. The number of piperazine rings is 1. The van der Waals surface area contributed by atoms with Crippen LogP contribution < -0.4 is 15.4 Å². The van der Waals surface area contributed by atoms with Crippen LogP contribution in [0.25, 0.3) is 0 Å². The van der Waals surface area contributed by atoms with Crippen LogP contribution in [0.5, 0.6) is 5.75 Å². The number of benzene rings is 1. The second-order valence-electron chi connectivity index (χ2n) is 9.22. The van der Waals surface area contributed by atoms with E-state index in [1.807, 2.05) is 0 Å². The van der Waals surface area contributed by atoms with Crippen LogP contribution in [0.2, 0.25) is 0 Å². The van der Waals surface area contributed by atoms with Gasteiger partial charge in [-0.15, -0.1) is 0 Å². The van der Waals surface area contributed by atoms with Crippen molar-refractivity contribution in [3.8, 4) is 5.75 Å². The van der Waals surface area contributed by atoms with Crippen molar-refractivity contribution in [2.75, 3.05) is 26.8 Å². The number of thiocarbonyl (C=S) groups is 1. The maximum absolute atomic E-state index is 12.7. The van der Waals surface area contributed by atoms with Gasteiger partial charge in [-0.2, -0.15) is 0 Å². The second-order valence-corrected chi connectivity index (χ2v) is 10.5. The van der Waals surface area contributed by atoms with Gasteiger partial charge in [0, 0.05) is 18.7 Å². The fourth-order valence-electron chi connectivity index (χ4n) is 4.20. The number of rotatable bonds is 15. The van der Waals surface area contributed by atoms with Gasteiger partial charge in [-0.25, -0.2) is 0 Å². The number of unbranched alkanes of at least 4 members (excludes halogenated alkanes) is 9. The number of hydrogen-bond donors (Lipinski definition) is 2. The van der Waals surface area contributed by atoms with E-state index >= 15 is 0 Å². The zero-order valence-corrected chi connectivity index (χ0v) is 24.4. The summed E-state index contributed by atoms with van der Waals surface area (Å²) in [6, 6.07) is 4.09. The van der Waals surface area contributed by atoms with Gasteiger partial charge in [0.1, 0.15) is 11.8 Å². The summed E-state index contributed by atoms with van der Waals surface area (Å²) in [5, 5.41) is 5.52. The largest absolute Gasteiger partial charge is 0.496 e. The van der Waals surface area contributed by atoms with Crippen LogP contribution in [-0.4, -0.2) is 60.6 Å². The highest BCUT2D eigenvalue weighted by Gasteiger charge is 2.34. The highest BCUT2D eigenvalue weighted by molar-refractivity contribution is 9.10. The molecule has 0 aliphatic carbocycles. The van der Waals surface area contributed by atoms with Crippen LogP contribution in [0, 0.1) is 0 Å². The minimum atomic E-state index is -0.829. The number of nitrogens with one attached hydrogen (secondary N) is 2. The summed E-state index contributed by atoms with van der Waals surface area (Å²) in [5.74, 6) is -0.577. The van der Waals surface area contributed by atoms with Gasteiger partial charge in [0.25, 0.3) is 5.91 Å². The molecule has 37 heavy (non-hydrogen) atoms. The molecule has 0 aromatic heterocycles. The molecule has 1 atom stereocenters. The zero-order valence-electron chi connectivity index (χ0n) is 22.0. The average molecular weight is 599 g/mol. The molecule has 8 nitrogen and oxygen atoms in total. The number of ether oxygens (including phenoxy) is 2.